The third-order valence-electron chi connectivity index (χ3n) is 6.53. The molecule has 2 atom stereocenters. The number of hydrogen-bond donors (Lipinski definition) is 2. The lowest BCUT2D eigenvalue weighted by molar-refractivity contribution is -0.385. The third-order valence-corrected chi connectivity index (χ3v) is 6.80. The standard InChI is InChI=1S/C29H35FN4O7S/c1-6-7-22(17-8-10-21(23(14-17)34(38)39)27(36)41-29(2,3)4)32-28(37)33-16-25(42)31-15-19(26(33)35)12-18-13-20(30)9-11-24(18)40-5/h8-11,13-14,19,22H,6-7,12,15-16H2,1-5H3,(H,31,42)(H,32,37)/t19-,22+/m0/s1. The lowest BCUT2D eigenvalue weighted by Gasteiger charge is -2.26. The van der Waals surface area contributed by atoms with E-state index in [4.69, 9.17) is 21.7 Å². The van der Waals surface area contributed by atoms with E-state index in [0.29, 0.717) is 29.7 Å². The number of benzene rings is 2. The Morgan fingerprint density at radius 1 is 1.26 bits per heavy atom. The highest BCUT2D eigenvalue weighted by Crippen LogP contribution is 2.29. The van der Waals surface area contributed by atoms with E-state index in [-0.39, 0.29) is 30.1 Å². The number of methoxy groups -OCH3 is 1. The minimum Gasteiger partial charge on any atom is -0.496 e. The molecule has 2 aromatic rings. The first-order valence-electron chi connectivity index (χ1n) is 13.5. The quantitative estimate of drug-likeness (QED) is 0.178. The van der Waals surface area contributed by atoms with E-state index < -0.39 is 51.9 Å². The number of thiocarbonyl (C=S) groups is 1. The molecule has 1 fully saturated rings. The van der Waals surface area contributed by atoms with Gasteiger partial charge < -0.3 is 20.1 Å². The average Bonchev–Trinajstić information content (AvgIpc) is 3.05. The fourth-order valence-electron chi connectivity index (χ4n) is 4.59. The number of nitro groups is 1. The first-order valence-corrected chi connectivity index (χ1v) is 13.9. The van der Waals surface area contributed by atoms with Crippen molar-refractivity contribution in [3.05, 3.63) is 69.0 Å². The highest BCUT2D eigenvalue weighted by molar-refractivity contribution is 7.80. The minimum absolute atomic E-state index is 0.0931. The number of hydrogen-bond acceptors (Lipinski definition) is 8. The molecule has 1 saturated heterocycles. The predicted octanol–water partition coefficient (Wildman–Crippen LogP) is 4.87. The normalized spacial score (nSPS) is 16.2. The molecule has 0 saturated carbocycles. The number of halogens is 1. The number of amides is 3. The van der Waals surface area contributed by atoms with Gasteiger partial charge in [-0.2, -0.15) is 0 Å². The van der Waals surface area contributed by atoms with Crippen LogP contribution in [0.4, 0.5) is 14.9 Å². The summed E-state index contributed by atoms with van der Waals surface area (Å²) >= 11 is 5.32. The molecular formula is C29H35FN4O7S. The van der Waals surface area contributed by atoms with Crippen LogP contribution >= 0.6 is 12.2 Å². The van der Waals surface area contributed by atoms with Crippen LogP contribution in [0.2, 0.25) is 0 Å². The van der Waals surface area contributed by atoms with Crippen molar-refractivity contribution >= 4 is 40.8 Å². The van der Waals surface area contributed by atoms with E-state index in [0.717, 1.165) is 4.90 Å². The molecule has 1 aliphatic rings. The van der Waals surface area contributed by atoms with Crippen molar-refractivity contribution in [3.63, 3.8) is 0 Å². The topological polar surface area (TPSA) is 140 Å². The van der Waals surface area contributed by atoms with Crippen LogP contribution in [0.5, 0.6) is 5.75 Å². The second-order valence-corrected chi connectivity index (χ2v) is 11.4. The fraction of sp³-hybridized carbons (Fsp3) is 0.448. The van der Waals surface area contributed by atoms with Gasteiger partial charge in [-0.1, -0.05) is 31.6 Å². The van der Waals surface area contributed by atoms with Gasteiger partial charge >= 0.3 is 12.0 Å². The Labute approximate surface area is 248 Å². The largest absolute Gasteiger partial charge is 0.496 e. The summed E-state index contributed by atoms with van der Waals surface area (Å²) in [5.41, 5.74) is -0.678. The second kappa shape index (κ2) is 13.7. The van der Waals surface area contributed by atoms with Crippen molar-refractivity contribution in [1.29, 1.82) is 0 Å². The van der Waals surface area contributed by atoms with Gasteiger partial charge in [0.1, 0.15) is 22.7 Å². The summed E-state index contributed by atoms with van der Waals surface area (Å²) in [6.45, 7) is 6.81. The van der Waals surface area contributed by atoms with E-state index in [2.05, 4.69) is 10.6 Å². The molecule has 0 radical (unpaired) electrons. The highest BCUT2D eigenvalue weighted by atomic mass is 32.1. The van der Waals surface area contributed by atoms with E-state index in [1.54, 1.807) is 20.8 Å². The van der Waals surface area contributed by atoms with Crippen LogP contribution in [0.3, 0.4) is 0 Å². The van der Waals surface area contributed by atoms with E-state index in [9.17, 15) is 28.9 Å². The van der Waals surface area contributed by atoms with Gasteiger partial charge in [0.05, 0.1) is 35.5 Å². The molecule has 0 bridgehead atoms. The van der Waals surface area contributed by atoms with Crippen molar-refractivity contribution in [2.24, 2.45) is 5.92 Å². The van der Waals surface area contributed by atoms with Crippen LogP contribution in [0.15, 0.2) is 36.4 Å². The van der Waals surface area contributed by atoms with Gasteiger partial charge in [0.15, 0.2) is 0 Å². The summed E-state index contributed by atoms with van der Waals surface area (Å²) < 4.78 is 24.6. The summed E-state index contributed by atoms with van der Waals surface area (Å²) in [5.74, 6) is -2.20. The highest BCUT2D eigenvalue weighted by Gasteiger charge is 2.35. The molecule has 3 rings (SSSR count). The lowest BCUT2D eigenvalue weighted by Crippen LogP contribution is -2.48. The monoisotopic (exact) mass is 602 g/mol. The summed E-state index contributed by atoms with van der Waals surface area (Å²) in [6.07, 6.45) is 1.08. The van der Waals surface area contributed by atoms with E-state index >= 15 is 0 Å². The molecule has 0 aromatic heterocycles. The molecule has 2 aromatic carbocycles. The molecule has 11 nitrogen and oxygen atoms in total. The van der Waals surface area contributed by atoms with E-state index in [1.807, 2.05) is 6.92 Å². The van der Waals surface area contributed by atoms with Gasteiger partial charge in [-0.25, -0.2) is 14.0 Å². The number of imide groups is 1. The van der Waals surface area contributed by atoms with Crippen LogP contribution < -0.4 is 15.4 Å². The first-order chi connectivity index (χ1) is 19.7. The molecule has 1 aliphatic heterocycles. The first kappa shape index (κ1) is 32.4. The molecule has 2 N–H and O–H groups in total. The zero-order valence-electron chi connectivity index (χ0n) is 24.2. The van der Waals surface area contributed by atoms with Crippen LogP contribution in [-0.2, 0) is 16.0 Å². The minimum atomic E-state index is -0.852. The van der Waals surface area contributed by atoms with E-state index in [1.165, 1.54) is 43.5 Å². The lowest BCUT2D eigenvalue weighted by atomic mass is 9.97. The zero-order valence-corrected chi connectivity index (χ0v) is 25.0. The SMILES string of the molecule is CCC[C@@H](NC(=O)N1CC(=S)NC[C@H](Cc2cc(F)ccc2OC)C1=O)c1ccc(C(=O)OC(C)(C)C)c([N+](=O)[O-])c1. The van der Waals surface area contributed by atoms with Crippen LogP contribution in [0, 0.1) is 21.8 Å². The van der Waals surface area contributed by atoms with Crippen LogP contribution in [0.1, 0.15) is 68.1 Å². The van der Waals surface area contributed by atoms with Crippen molar-refractivity contribution in [2.45, 2.75) is 58.6 Å². The molecule has 226 valence electrons. The fourth-order valence-corrected chi connectivity index (χ4v) is 4.80. The summed E-state index contributed by atoms with van der Waals surface area (Å²) in [5, 5.41) is 17.7. The number of urea groups is 1. The van der Waals surface area contributed by atoms with Crippen LogP contribution in [-0.4, -0.2) is 58.5 Å². The maximum absolute atomic E-state index is 14.0. The molecule has 0 aliphatic carbocycles. The molecule has 1 heterocycles. The number of nitrogens with one attached hydrogen (secondary N) is 2. The Hall–Kier alpha value is -4.13. The van der Waals surface area contributed by atoms with Gasteiger partial charge in [0, 0.05) is 12.6 Å². The third kappa shape index (κ3) is 8.21. The molecule has 3 amide bonds. The zero-order chi connectivity index (χ0) is 31.2. The number of carbonyl (C=O) groups is 3. The number of ether oxygens (including phenoxy) is 2. The predicted molar refractivity (Wildman–Crippen MR) is 157 cm³/mol. The molecule has 0 unspecified atom stereocenters. The molecule has 13 heteroatoms. The smallest absolute Gasteiger partial charge is 0.345 e. The number of rotatable bonds is 9. The maximum Gasteiger partial charge on any atom is 0.345 e. The average molecular weight is 603 g/mol. The Morgan fingerprint density at radius 2 is 1.98 bits per heavy atom. The maximum atomic E-state index is 14.0. The van der Waals surface area contributed by atoms with Crippen LogP contribution in [0.25, 0.3) is 0 Å². The summed E-state index contributed by atoms with van der Waals surface area (Å²) in [6, 6.07) is 6.60. The van der Waals surface area contributed by atoms with Gasteiger partial charge in [-0.15, -0.1) is 0 Å². The van der Waals surface area contributed by atoms with Gasteiger partial charge in [-0.05, 0) is 69.0 Å². The van der Waals surface area contributed by atoms with Gasteiger partial charge in [0.25, 0.3) is 5.69 Å². The van der Waals surface area contributed by atoms with Crippen molar-refractivity contribution in [2.75, 3.05) is 20.2 Å². The van der Waals surface area contributed by atoms with Crippen molar-refractivity contribution < 1.29 is 33.2 Å². The Bertz CT molecular complexity index is 1380. The number of carbonyl (C=O) groups excluding carboxylic acids is 3. The van der Waals surface area contributed by atoms with Crippen molar-refractivity contribution in [3.8, 4) is 5.75 Å². The van der Waals surface area contributed by atoms with Crippen molar-refractivity contribution in [1.82, 2.24) is 15.5 Å². The summed E-state index contributed by atoms with van der Waals surface area (Å²) in [7, 11) is 1.44. The molecule has 42 heavy (non-hydrogen) atoms. The summed E-state index contributed by atoms with van der Waals surface area (Å²) in [4.78, 5) is 52.1. The molecule has 0 spiro atoms. The second-order valence-electron chi connectivity index (χ2n) is 10.9. The number of nitrogens with zero attached hydrogens (tertiary/aromatic N) is 2. The number of esters is 1. The molecular weight excluding hydrogens is 567 g/mol. The Balaban J connectivity index is 1.88. The Kier molecular flexibility index (Phi) is 10.6. The van der Waals surface area contributed by atoms with Gasteiger partial charge in [-0.3, -0.25) is 19.8 Å². The van der Waals surface area contributed by atoms with Gasteiger partial charge in [0.2, 0.25) is 5.91 Å². The number of nitro benzene ring substituents is 1. The Morgan fingerprint density at radius 3 is 2.60 bits per heavy atom.